The molecule has 4 N–H and O–H groups in total. The first-order valence-corrected chi connectivity index (χ1v) is 6.26. The van der Waals surface area contributed by atoms with Crippen molar-refractivity contribution in [2.45, 2.75) is 0 Å². The van der Waals surface area contributed by atoms with Crippen LogP contribution in [0.3, 0.4) is 0 Å². The molecule has 0 bridgehead atoms. The summed E-state index contributed by atoms with van der Waals surface area (Å²) in [5.41, 5.74) is 12.1. The number of rotatable bonds is 2. The van der Waals surface area contributed by atoms with Gasteiger partial charge in [-0.25, -0.2) is 4.98 Å². The van der Waals surface area contributed by atoms with Crippen molar-refractivity contribution in [2.24, 2.45) is 0 Å². The molecule has 3 aromatic rings. The maximum Gasteiger partial charge on any atom is 0.222 e. The zero-order valence-corrected chi connectivity index (χ0v) is 11.1. The summed E-state index contributed by atoms with van der Waals surface area (Å²) in [5, 5.41) is 1.36. The number of nitrogens with zero attached hydrogens (tertiary/aromatic N) is 2. The summed E-state index contributed by atoms with van der Waals surface area (Å²) in [7, 11) is 0. The number of aromatic nitrogens is 2. The second kappa shape index (κ2) is 4.86. The van der Waals surface area contributed by atoms with E-state index in [4.69, 9.17) is 27.8 Å². The highest BCUT2D eigenvalue weighted by Crippen LogP contribution is 2.28. The fourth-order valence-corrected chi connectivity index (χ4v) is 1.98. The van der Waals surface area contributed by atoms with E-state index in [9.17, 15) is 0 Å². The van der Waals surface area contributed by atoms with E-state index in [-0.39, 0.29) is 5.95 Å². The minimum Gasteiger partial charge on any atom is -0.457 e. The first kappa shape index (κ1) is 12.5. The molecule has 100 valence electrons. The van der Waals surface area contributed by atoms with Crippen LogP contribution in [0.15, 0.2) is 42.5 Å². The lowest BCUT2D eigenvalue weighted by Gasteiger charge is -2.08. The van der Waals surface area contributed by atoms with Crippen LogP contribution in [0.2, 0.25) is 5.02 Å². The zero-order valence-electron chi connectivity index (χ0n) is 10.4. The van der Waals surface area contributed by atoms with Gasteiger partial charge in [-0.1, -0.05) is 11.6 Å². The minimum absolute atomic E-state index is 0.154. The van der Waals surface area contributed by atoms with Gasteiger partial charge in [-0.15, -0.1) is 0 Å². The number of ether oxygens (including phenoxy) is 1. The van der Waals surface area contributed by atoms with Gasteiger partial charge in [0, 0.05) is 10.4 Å². The van der Waals surface area contributed by atoms with E-state index in [1.165, 1.54) is 0 Å². The molecule has 3 rings (SSSR count). The van der Waals surface area contributed by atoms with Crippen LogP contribution in [0.4, 0.5) is 11.8 Å². The predicted octanol–water partition coefficient (Wildman–Crippen LogP) is 3.24. The SMILES string of the molecule is Nc1nc(N)c2cc(Oc3ccc(Cl)cc3)ccc2n1. The molecule has 0 aliphatic rings. The predicted molar refractivity (Wildman–Crippen MR) is 79.9 cm³/mol. The molecule has 20 heavy (non-hydrogen) atoms. The van der Waals surface area contributed by atoms with E-state index < -0.39 is 0 Å². The van der Waals surface area contributed by atoms with Crippen molar-refractivity contribution in [3.8, 4) is 11.5 Å². The summed E-state index contributed by atoms with van der Waals surface area (Å²) in [6, 6.07) is 12.5. The fraction of sp³-hybridized carbons (Fsp3) is 0. The van der Waals surface area contributed by atoms with Gasteiger partial charge in [-0.2, -0.15) is 4.98 Å². The Hall–Kier alpha value is -2.53. The molecule has 0 saturated heterocycles. The number of anilines is 2. The van der Waals surface area contributed by atoms with Gasteiger partial charge in [-0.3, -0.25) is 0 Å². The molecule has 0 spiro atoms. The summed E-state index contributed by atoms with van der Waals surface area (Å²) in [4.78, 5) is 8.04. The molecular formula is C14H11ClN4O. The molecule has 0 unspecified atom stereocenters. The molecule has 0 fully saturated rings. The van der Waals surface area contributed by atoms with Crippen LogP contribution in [0.25, 0.3) is 10.9 Å². The Morgan fingerprint density at radius 2 is 1.60 bits per heavy atom. The Bertz CT molecular complexity index is 774. The molecule has 6 heteroatoms. The average Bonchev–Trinajstić information content (AvgIpc) is 2.42. The molecular weight excluding hydrogens is 276 g/mol. The van der Waals surface area contributed by atoms with Crippen molar-refractivity contribution in [3.63, 3.8) is 0 Å². The van der Waals surface area contributed by atoms with Gasteiger partial charge in [0.1, 0.15) is 17.3 Å². The standard InChI is InChI=1S/C14H11ClN4O/c15-8-1-3-9(4-2-8)20-10-5-6-12-11(7-10)13(16)19-14(17)18-12/h1-7H,(H4,16,17,18,19). The Kier molecular flexibility index (Phi) is 3.04. The van der Waals surface area contributed by atoms with Crippen LogP contribution >= 0.6 is 11.6 Å². The number of hydrogen-bond acceptors (Lipinski definition) is 5. The van der Waals surface area contributed by atoms with Gasteiger partial charge in [0.2, 0.25) is 5.95 Å². The summed E-state index contributed by atoms with van der Waals surface area (Å²) in [6.07, 6.45) is 0. The number of fused-ring (bicyclic) bond motifs is 1. The van der Waals surface area contributed by atoms with Crippen LogP contribution in [0.1, 0.15) is 0 Å². The van der Waals surface area contributed by atoms with Gasteiger partial charge in [0.05, 0.1) is 5.52 Å². The summed E-state index contributed by atoms with van der Waals surface area (Å²) >= 11 is 5.83. The highest BCUT2D eigenvalue weighted by molar-refractivity contribution is 6.30. The molecule has 0 aliphatic heterocycles. The third kappa shape index (κ3) is 2.44. The molecule has 0 radical (unpaired) electrons. The first-order valence-electron chi connectivity index (χ1n) is 5.88. The second-order valence-corrected chi connectivity index (χ2v) is 4.64. The van der Waals surface area contributed by atoms with Crippen molar-refractivity contribution < 1.29 is 4.74 Å². The quantitative estimate of drug-likeness (QED) is 0.755. The highest BCUT2D eigenvalue weighted by Gasteiger charge is 2.05. The summed E-state index contributed by atoms with van der Waals surface area (Å²) in [5.74, 6) is 1.80. The maximum absolute atomic E-state index is 5.84. The Morgan fingerprint density at radius 1 is 0.900 bits per heavy atom. The lowest BCUT2D eigenvalue weighted by atomic mass is 10.2. The van der Waals surface area contributed by atoms with E-state index in [2.05, 4.69) is 9.97 Å². The second-order valence-electron chi connectivity index (χ2n) is 4.20. The van der Waals surface area contributed by atoms with Gasteiger partial charge < -0.3 is 16.2 Å². The van der Waals surface area contributed by atoms with Crippen molar-refractivity contribution in [3.05, 3.63) is 47.5 Å². The molecule has 2 aromatic carbocycles. The molecule has 1 heterocycles. The number of nitrogens with two attached hydrogens (primary N) is 2. The van der Waals surface area contributed by atoms with E-state index in [1.807, 2.05) is 0 Å². The topological polar surface area (TPSA) is 87.0 Å². The molecule has 0 atom stereocenters. The molecule has 0 saturated carbocycles. The fourth-order valence-electron chi connectivity index (χ4n) is 1.85. The normalized spacial score (nSPS) is 10.7. The van der Waals surface area contributed by atoms with Crippen molar-refractivity contribution in [2.75, 3.05) is 11.5 Å². The van der Waals surface area contributed by atoms with E-state index in [1.54, 1.807) is 42.5 Å². The first-order chi connectivity index (χ1) is 9.61. The van der Waals surface area contributed by atoms with Crippen molar-refractivity contribution in [1.82, 2.24) is 9.97 Å². The molecule has 1 aromatic heterocycles. The van der Waals surface area contributed by atoms with Crippen LogP contribution in [-0.2, 0) is 0 Å². The Morgan fingerprint density at radius 3 is 2.35 bits per heavy atom. The molecule has 5 nitrogen and oxygen atoms in total. The van der Waals surface area contributed by atoms with Gasteiger partial charge in [0.25, 0.3) is 0 Å². The third-order valence-corrected chi connectivity index (χ3v) is 3.02. The Labute approximate surface area is 120 Å². The lowest BCUT2D eigenvalue weighted by Crippen LogP contribution is -2.00. The largest absolute Gasteiger partial charge is 0.457 e. The number of hydrogen-bond donors (Lipinski definition) is 2. The molecule has 0 aliphatic carbocycles. The van der Waals surface area contributed by atoms with Crippen LogP contribution in [-0.4, -0.2) is 9.97 Å². The summed E-state index contributed by atoms with van der Waals surface area (Å²) < 4.78 is 5.73. The van der Waals surface area contributed by atoms with Gasteiger partial charge in [0.15, 0.2) is 0 Å². The van der Waals surface area contributed by atoms with Gasteiger partial charge >= 0.3 is 0 Å². The van der Waals surface area contributed by atoms with E-state index >= 15 is 0 Å². The highest BCUT2D eigenvalue weighted by atomic mass is 35.5. The maximum atomic E-state index is 5.84. The number of halogens is 1. The smallest absolute Gasteiger partial charge is 0.222 e. The van der Waals surface area contributed by atoms with E-state index in [0.29, 0.717) is 33.2 Å². The lowest BCUT2D eigenvalue weighted by molar-refractivity contribution is 0.483. The van der Waals surface area contributed by atoms with Crippen molar-refractivity contribution >= 4 is 34.3 Å². The molecule has 0 amide bonds. The number of benzene rings is 2. The Balaban J connectivity index is 1.98. The zero-order chi connectivity index (χ0) is 14.1. The van der Waals surface area contributed by atoms with Crippen LogP contribution in [0.5, 0.6) is 11.5 Å². The van der Waals surface area contributed by atoms with Crippen molar-refractivity contribution in [1.29, 1.82) is 0 Å². The monoisotopic (exact) mass is 286 g/mol. The average molecular weight is 287 g/mol. The number of nitrogen functional groups attached to an aromatic ring is 2. The van der Waals surface area contributed by atoms with E-state index in [0.717, 1.165) is 0 Å². The minimum atomic E-state index is 0.154. The van der Waals surface area contributed by atoms with Crippen LogP contribution in [0, 0.1) is 0 Å². The van der Waals surface area contributed by atoms with Gasteiger partial charge in [-0.05, 0) is 42.5 Å². The third-order valence-electron chi connectivity index (χ3n) is 2.76. The summed E-state index contributed by atoms with van der Waals surface area (Å²) in [6.45, 7) is 0. The van der Waals surface area contributed by atoms with Crippen LogP contribution < -0.4 is 16.2 Å².